The summed E-state index contributed by atoms with van der Waals surface area (Å²) in [7, 11) is 0. The molecule has 2 heterocycles. The predicted octanol–water partition coefficient (Wildman–Crippen LogP) is 3.84. The minimum Gasteiger partial charge on any atom is -0.338 e. The highest BCUT2D eigenvalue weighted by molar-refractivity contribution is 7.98. The van der Waals surface area contributed by atoms with E-state index in [1.807, 2.05) is 43.3 Å². The van der Waals surface area contributed by atoms with Gasteiger partial charge in [-0.05, 0) is 24.6 Å². The largest absolute Gasteiger partial charge is 0.338 e. The van der Waals surface area contributed by atoms with E-state index in [-0.39, 0.29) is 0 Å². The maximum Gasteiger partial charge on any atom is 0.237 e. The van der Waals surface area contributed by atoms with Crippen molar-refractivity contribution in [1.29, 1.82) is 0 Å². The minimum absolute atomic E-state index is 0.553. The van der Waals surface area contributed by atoms with Gasteiger partial charge in [-0.1, -0.05) is 65.4 Å². The molecule has 26 heavy (non-hydrogen) atoms. The number of thioether (sulfide) groups is 1. The number of hydrogen-bond acceptors (Lipinski definition) is 6. The van der Waals surface area contributed by atoms with E-state index < -0.39 is 0 Å². The third-order valence-corrected chi connectivity index (χ3v) is 4.73. The molecule has 0 saturated heterocycles. The van der Waals surface area contributed by atoms with Crippen molar-refractivity contribution in [3.05, 3.63) is 83.8 Å². The van der Waals surface area contributed by atoms with Gasteiger partial charge in [-0.15, -0.1) is 10.2 Å². The molecular formula is C19H17N5OS. The van der Waals surface area contributed by atoms with E-state index in [1.165, 1.54) is 17.3 Å². The number of aryl methyl sites for hydroxylation is 1. The molecule has 0 radical (unpaired) electrons. The average Bonchev–Trinajstić information content (AvgIpc) is 3.27. The molecule has 0 aliphatic carbocycles. The Labute approximate surface area is 155 Å². The smallest absolute Gasteiger partial charge is 0.237 e. The van der Waals surface area contributed by atoms with Crippen LogP contribution in [0.1, 0.15) is 23.1 Å². The van der Waals surface area contributed by atoms with Gasteiger partial charge in [0.05, 0.1) is 5.75 Å². The molecule has 0 atom stereocenters. The van der Waals surface area contributed by atoms with Gasteiger partial charge in [0.25, 0.3) is 0 Å². The molecule has 7 heteroatoms. The van der Waals surface area contributed by atoms with Crippen LogP contribution in [0.3, 0.4) is 0 Å². The molecule has 4 rings (SSSR count). The van der Waals surface area contributed by atoms with Gasteiger partial charge in [0.2, 0.25) is 5.89 Å². The minimum atomic E-state index is 0.553. The SMILES string of the molecule is Cc1noc(CSc2nnc(Cc3ccccc3)n2-c2ccccc2)n1. The molecule has 0 unspecified atom stereocenters. The number of aromatic nitrogens is 5. The summed E-state index contributed by atoms with van der Waals surface area (Å²) in [5.41, 5.74) is 2.23. The van der Waals surface area contributed by atoms with E-state index in [4.69, 9.17) is 4.52 Å². The van der Waals surface area contributed by atoms with Crippen molar-refractivity contribution in [2.75, 3.05) is 0 Å². The molecule has 0 aliphatic heterocycles. The van der Waals surface area contributed by atoms with Gasteiger partial charge in [-0.3, -0.25) is 4.57 Å². The van der Waals surface area contributed by atoms with Crippen molar-refractivity contribution in [3.8, 4) is 5.69 Å². The van der Waals surface area contributed by atoms with Gasteiger partial charge in [-0.2, -0.15) is 4.98 Å². The number of para-hydroxylation sites is 1. The van der Waals surface area contributed by atoms with Crippen molar-refractivity contribution in [1.82, 2.24) is 24.9 Å². The van der Waals surface area contributed by atoms with Crippen LogP contribution in [0.15, 0.2) is 70.3 Å². The molecule has 6 nitrogen and oxygen atoms in total. The predicted molar refractivity (Wildman–Crippen MR) is 99.2 cm³/mol. The summed E-state index contributed by atoms with van der Waals surface area (Å²) in [5.74, 6) is 2.66. The molecule has 0 aliphatic rings. The monoisotopic (exact) mass is 363 g/mol. The first-order chi connectivity index (χ1) is 12.8. The van der Waals surface area contributed by atoms with Gasteiger partial charge in [0, 0.05) is 12.1 Å². The van der Waals surface area contributed by atoms with Crippen LogP contribution >= 0.6 is 11.8 Å². The number of rotatable bonds is 6. The van der Waals surface area contributed by atoms with Gasteiger partial charge in [0.1, 0.15) is 5.82 Å². The lowest BCUT2D eigenvalue weighted by Crippen LogP contribution is -2.03. The standard InChI is InChI=1S/C19H17N5OS/c1-14-20-18(25-23-14)13-26-19-22-21-17(12-15-8-4-2-5-9-15)24(19)16-10-6-3-7-11-16/h2-11H,12-13H2,1H3. The van der Waals surface area contributed by atoms with Gasteiger partial charge >= 0.3 is 0 Å². The van der Waals surface area contributed by atoms with Crippen LogP contribution < -0.4 is 0 Å². The Morgan fingerprint density at radius 2 is 1.69 bits per heavy atom. The summed E-state index contributed by atoms with van der Waals surface area (Å²) in [6.07, 6.45) is 0.711. The molecule has 4 aromatic rings. The quantitative estimate of drug-likeness (QED) is 0.485. The van der Waals surface area contributed by atoms with Crippen molar-refractivity contribution in [3.63, 3.8) is 0 Å². The molecule has 0 saturated carbocycles. The molecular weight excluding hydrogens is 346 g/mol. The van der Waals surface area contributed by atoms with E-state index in [1.54, 1.807) is 0 Å². The second-order valence-corrected chi connectivity index (χ2v) is 6.70. The first kappa shape index (κ1) is 16.5. The van der Waals surface area contributed by atoms with Crippen LogP contribution in [0.25, 0.3) is 5.69 Å². The highest BCUT2D eigenvalue weighted by Gasteiger charge is 2.16. The summed E-state index contributed by atoms with van der Waals surface area (Å²) in [5, 5.41) is 13.5. The Morgan fingerprint density at radius 3 is 2.38 bits per heavy atom. The lowest BCUT2D eigenvalue weighted by molar-refractivity contribution is 0.387. The fourth-order valence-electron chi connectivity index (χ4n) is 2.65. The van der Waals surface area contributed by atoms with E-state index in [9.17, 15) is 0 Å². The third-order valence-electron chi connectivity index (χ3n) is 3.81. The molecule has 0 N–H and O–H groups in total. The zero-order valence-corrected chi connectivity index (χ0v) is 15.1. The summed E-state index contributed by atoms with van der Waals surface area (Å²) >= 11 is 1.53. The maximum atomic E-state index is 5.19. The molecule has 130 valence electrons. The fourth-order valence-corrected chi connectivity index (χ4v) is 3.46. The Bertz CT molecular complexity index is 982. The van der Waals surface area contributed by atoms with Crippen LogP contribution in [-0.4, -0.2) is 24.9 Å². The van der Waals surface area contributed by atoms with Gasteiger partial charge < -0.3 is 4.52 Å². The van der Waals surface area contributed by atoms with Crippen molar-refractivity contribution >= 4 is 11.8 Å². The Kier molecular flexibility index (Phi) is 4.79. The first-order valence-electron chi connectivity index (χ1n) is 8.25. The average molecular weight is 363 g/mol. The normalized spacial score (nSPS) is 11.0. The lowest BCUT2D eigenvalue weighted by atomic mass is 10.1. The second kappa shape index (κ2) is 7.53. The highest BCUT2D eigenvalue weighted by Crippen LogP contribution is 2.25. The number of nitrogens with zero attached hydrogens (tertiary/aromatic N) is 5. The fraction of sp³-hybridized carbons (Fsp3) is 0.158. The van der Waals surface area contributed by atoms with Crippen molar-refractivity contribution < 1.29 is 4.52 Å². The van der Waals surface area contributed by atoms with Gasteiger partial charge in [-0.25, -0.2) is 0 Å². The topological polar surface area (TPSA) is 69.6 Å². The van der Waals surface area contributed by atoms with E-state index in [0.717, 1.165) is 16.7 Å². The van der Waals surface area contributed by atoms with Crippen LogP contribution in [0.5, 0.6) is 0 Å². The molecule has 0 fully saturated rings. The zero-order valence-electron chi connectivity index (χ0n) is 14.2. The van der Waals surface area contributed by atoms with Gasteiger partial charge in [0.15, 0.2) is 11.0 Å². The number of benzene rings is 2. The molecule has 0 spiro atoms. The van der Waals surface area contributed by atoms with E-state index in [2.05, 4.69) is 49.2 Å². The Hall–Kier alpha value is -2.93. The van der Waals surface area contributed by atoms with E-state index in [0.29, 0.717) is 23.9 Å². The first-order valence-corrected chi connectivity index (χ1v) is 9.24. The molecule has 2 aromatic carbocycles. The van der Waals surface area contributed by atoms with Crippen LogP contribution in [-0.2, 0) is 12.2 Å². The summed E-state index contributed by atoms with van der Waals surface area (Å²) < 4.78 is 7.28. The third kappa shape index (κ3) is 3.67. The maximum absolute atomic E-state index is 5.19. The zero-order chi connectivity index (χ0) is 17.8. The number of hydrogen-bond donors (Lipinski definition) is 0. The van der Waals surface area contributed by atoms with E-state index >= 15 is 0 Å². The van der Waals surface area contributed by atoms with Crippen LogP contribution in [0, 0.1) is 6.92 Å². The van der Waals surface area contributed by atoms with Crippen molar-refractivity contribution in [2.24, 2.45) is 0 Å². The van der Waals surface area contributed by atoms with Crippen LogP contribution in [0.4, 0.5) is 0 Å². The molecule has 0 amide bonds. The van der Waals surface area contributed by atoms with Crippen LogP contribution in [0.2, 0.25) is 0 Å². The Balaban J connectivity index is 1.65. The molecule has 2 aromatic heterocycles. The summed E-state index contributed by atoms with van der Waals surface area (Å²) in [6, 6.07) is 20.4. The Morgan fingerprint density at radius 1 is 0.962 bits per heavy atom. The highest BCUT2D eigenvalue weighted by atomic mass is 32.2. The van der Waals surface area contributed by atoms with Crippen molar-refractivity contribution in [2.45, 2.75) is 24.3 Å². The lowest BCUT2D eigenvalue weighted by Gasteiger charge is -2.09. The summed E-state index contributed by atoms with van der Waals surface area (Å²) in [4.78, 5) is 4.25. The molecule has 0 bridgehead atoms. The second-order valence-electron chi connectivity index (χ2n) is 5.76. The summed E-state index contributed by atoms with van der Waals surface area (Å²) in [6.45, 7) is 1.81.